The maximum Gasteiger partial charge on any atom is 0.241 e. The molecule has 0 bridgehead atoms. The van der Waals surface area contributed by atoms with Crippen molar-refractivity contribution in [2.75, 3.05) is 71.4 Å². The third kappa shape index (κ3) is 6.89. The van der Waals surface area contributed by atoms with Crippen molar-refractivity contribution >= 4 is 26.5 Å². The zero-order valence-corrected chi connectivity index (χ0v) is 19.7. The Bertz CT molecular complexity index is 921. The van der Waals surface area contributed by atoms with Crippen LogP contribution < -0.4 is 20.3 Å². The lowest BCUT2D eigenvalue weighted by molar-refractivity contribution is 0.267. The summed E-state index contributed by atoms with van der Waals surface area (Å²) in [5.74, 6) is 0. The Morgan fingerprint density at radius 3 is 2.19 bits per heavy atom. The van der Waals surface area contributed by atoms with Gasteiger partial charge in [0.25, 0.3) is 0 Å². The second-order valence-electron chi connectivity index (χ2n) is 8.32. The number of nitrogens with zero attached hydrogens (tertiary/aromatic N) is 2. The molecule has 0 radical (unpaired) electrons. The number of hydrogen-bond acceptors (Lipinski definition) is 6. The van der Waals surface area contributed by atoms with E-state index in [1.54, 1.807) is 6.07 Å². The van der Waals surface area contributed by atoms with Gasteiger partial charge in [0.1, 0.15) is 0 Å². The molecule has 1 saturated heterocycles. The van der Waals surface area contributed by atoms with Crippen molar-refractivity contribution in [3.05, 3.63) is 36.4 Å². The lowest BCUT2D eigenvalue weighted by Gasteiger charge is -2.23. The Morgan fingerprint density at radius 1 is 0.903 bits per heavy atom. The highest BCUT2D eigenvalue weighted by molar-refractivity contribution is 7.89. The molecule has 0 spiro atoms. The fraction of sp³-hybridized carbons (Fsp3) is 0.565. The molecule has 0 aromatic heterocycles. The Kier molecular flexibility index (Phi) is 9.10. The number of hydrogen-bond donors (Lipinski definition) is 3. The highest BCUT2D eigenvalue weighted by atomic mass is 32.2. The molecule has 31 heavy (non-hydrogen) atoms. The highest BCUT2D eigenvalue weighted by Gasteiger charge is 2.18. The van der Waals surface area contributed by atoms with Gasteiger partial charge in [-0.25, -0.2) is 13.1 Å². The number of nitrogens with one attached hydrogen (secondary N) is 3. The van der Waals surface area contributed by atoms with Crippen molar-refractivity contribution < 1.29 is 8.42 Å². The van der Waals surface area contributed by atoms with Gasteiger partial charge in [0, 0.05) is 43.6 Å². The molecular formula is C23H37N5O2S. The zero-order chi connectivity index (χ0) is 22.1. The molecule has 0 atom stereocenters. The predicted octanol–water partition coefficient (Wildman–Crippen LogP) is 1.85. The first-order valence-electron chi connectivity index (χ1n) is 11.3. The average molecular weight is 448 g/mol. The van der Waals surface area contributed by atoms with Crippen LogP contribution in [0.2, 0.25) is 0 Å². The monoisotopic (exact) mass is 447 g/mol. The first kappa shape index (κ1) is 23.9. The molecule has 1 aliphatic heterocycles. The molecule has 0 saturated carbocycles. The Hall–Kier alpha value is -1.71. The molecule has 1 heterocycles. The molecule has 1 fully saturated rings. The van der Waals surface area contributed by atoms with Gasteiger partial charge in [0.05, 0.1) is 4.90 Å². The summed E-state index contributed by atoms with van der Waals surface area (Å²) in [7, 11) is 0.348. The molecule has 1 aliphatic rings. The van der Waals surface area contributed by atoms with Crippen LogP contribution in [0.3, 0.4) is 0 Å². The van der Waals surface area contributed by atoms with Gasteiger partial charge in [-0.1, -0.05) is 24.3 Å². The van der Waals surface area contributed by atoms with Crippen molar-refractivity contribution in [3.8, 4) is 0 Å². The minimum atomic E-state index is -3.59. The molecule has 8 heteroatoms. The quantitative estimate of drug-likeness (QED) is 0.628. The summed E-state index contributed by atoms with van der Waals surface area (Å²) in [5, 5.41) is 8.64. The Labute approximate surface area is 187 Å². The molecule has 172 valence electrons. The first-order chi connectivity index (χ1) is 15.0. The van der Waals surface area contributed by atoms with E-state index in [0.29, 0.717) is 18.0 Å². The van der Waals surface area contributed by atoms with E-state index in [4.69, 9.17) is 0 Å². The van der Waals surface area contributed by atoms with Crippen LogP contribution in [0.25, 0.3) is 10.8 Å². The van der Waals surface area contributed by atoms with Gasteiger partial charge < -0.3 is 20.4 Å². The van der Waals surface area contributed by atoms with Crippen LogP contribution in [0.4, 0.5) is 5.69 Å². The largest absolute Gasteiger partial charge is 0.377 e. The summed E-state index contributed by atoms with van der Waals surface area (Å²) in [5.41, 5.74) is 1.01. The van der Waals surface area contributed by atoms with Crippen LogP contribution in [-0.2, 0) is 10.0 Å². The van der Waals surface area contributed by atoms with Gasteiger partial charge in [0.15, 0.2) is 0 Å². The zero-order valence-electron chi connectivity index (χ0n) is 18.9. The van der Waals surface area contributed by atoms with Crippen LogP contribution in [0.5, 0.6) is 0 Å². The molecule has 0 amide bonds. The highest BCUT2D eigenvalue weighted by Crippen LogP contribution is 2.30. The number of anilines is 1. The SMILES string of the molecule is CN(C)c1cccc2c(S(=O)(=O)NCCN3CCCNCCCNCCC3)cccc12. The normalized spacial score (nSPS) is 17.7. The van der Waals surface area contributed by atoms with E-state index in [1.165, 1.54) is 0 Å². The number of sulfonamides is 1. The molecule has 2 aromatic carbocycles. The molecule has 7 nitrogen and oxygen atoms in total. The summed E-state index contributed by atoms with van der Waals surface area (Å²) in [6.07, 6.45) is 3.32. The smallest absolute Gasteiger partial charge is 0.241 e. The minimum absolute atomic E-state index is 0.343. The predicted molar refractivity (Wildman–Crippen MR) is 129 cm³/mol. The van der Waals surface area contributed by atoms with E-state index >= 15 is 0 Å². The topological polar surface area (TPSA) is 76.7 Å². The average Bonchev–Trinajstić information content (AvgIpc) is 2.74. The van der Waals surface area contributed by atoms with Crippen LogP contribution in [0.1, 0.15) is 19.3 Å². The van der Waals surface area contributed by atoms with Crippen molar-refractivity contribution in [2.24, 2.45) is 0 Å². The van der Waals surface area contributed by atoms with Gasteiger partial charge in [-0.3, -0.25) is 0 Å². The van der Waals surface area contributed by atoms with Crippen molar-refractivity contribution in [1.82, 2.24) is 20.3 Å². The third-order valence-electron chi connectivity index (χ3n) is 5.71. The van der Waals surface area contributed by atoms with Gasteiger partial charge in [-0.05, 0) is 70.7 Å². The summed E-state index contributed by atoms with van der Waals surface area (Å²) in [6.45, 7) is 7.20. The van der Waals surface area contributed by atoms with Crippen LogP contribution in [0.15, 0.2) is 41.3 Å². The standard InChI is InChI=1S/C23H37N5O2S/c1-27(2)22-10-3-9-21-20(22)8-4-11-23(21)31(29,30)26-16-19-28-17-6-14-24-12-5-13-25-15-7-18-28/h3-4,8-11,24-26H,5-7,12-19H2,1-2H3. The summed E-state index contributed by atoms with van der Waals surface area (Å²) >= 11 is 0. The lowest BCUT2D eigenvalue weighted by atomic mass is 10.1. The van der Waals surface area contributed by atoms with Gasteiger partial charge in [-0.2, -0.15) is 0 Å². The van der Waals surface area contributed by atoms with E-state index in [2.05, 4.69) is 20.3 Å². The molecular weight excluding hydrogens is 410 g/mol. The van der Waals surface area contributed by atoms with E-state index in [0.717, 1.165) is 75.0 Å². The maximum atomic E-state index is 13.1. The Morgan fingerprint density at radius 2 is 1.52 bits per heavy atom. The molecule has 3 rings (SSSR count). The van der Waals surface area contributed by atoms with Crippen molar-refractivity contribution in [1.29, 1.82) is 0 Å². The second-order valence-corrected chi connectivity index (χ2v) is 10.1. The first-order valence-corrected chi connectivity index (χ1v) is 12.8. The number of fused-ring (bicyclic) bond motifs is 1. The van der Waals surface area contributed by atoms with Crippen LogP contribution in [0, 0.1) is 0 Å². The summed E-state index contributed by atoms with van der Waals surface area (Å²) in [6, 6.07) is 11.3. The Balaban J connectivity index is 1.64. The number of rotatable bonds is 6. The third-order valence-corrected chi connectivity index (χ3v) is 7.23. The van der Waals surface area contributed by atoms with Crippen molar-refractivity contribution in [2.45, 2.75) is 24.2 Å². The fourth-order valence-electron chi connectivity index (χ4n) is 4.08. The fourth-order valence-corrected chi connectivity index (χ4v) is 5.32. The summed E-state index contributed by atoms with van der Waals surface area (Å²) in [4.78, 5) is 4.71. The molecule has 3 N–H and O–H groups in total. The van der Waals surface area contributed by atoms with Gasteiger partial charge in [-0.15, -0.1) is 0 Å². The van der Waals surface area contributed by atoms with E-state index in [9.17, 15) is 8.42 Å². The number of benzene rings is 2. The van der Waals surface area contributed by atoms with Gasteiger partial charge in [0.2, 0.25) is 10.0 Å². The van der Waals surface area contributed by atoms with E-state index in [-0.39, 0.29) is 0 Å². The van der Waals surface area contributed by atoms with Gasteiger partial charge >= 0.3 is 0 Å². The van der Waals surface area contributed by atoms with Crippen LogP contribution >= 0.6 is 0 Å². The molecule has 2 aromatic rings. The molecule has 0 unspecified atom stereocenters. The van der Waals surface area contributed by atoms with E-state index in [1.807, 2.05) is 49.3 Å². The molecule has 0 aliphatic carbocycles. The second kappa shape index (κ2) is 11.8. The lowest BCUT2D eigenvalue weighted by Crippen LogP contribution is -2.38. The summed E-state index contributed by atoms with van der Waals surface area (Å²) < 4.78 is 29.1. The van der Waals surface area contributed by atoms with Crippen molar-refractivity contribution in [3.63, 3.8) is 0 Å². The maximum absolute atomic E-state index is 13.1. The minimum Gasteiger partial charge on any atom is -0.377 e. The van der Waals surface area contributed by atoms with E-state index < -0.39 is 10.0 Å². The van der Waals surface area contributed by atoms with Crippen LogP contribution in [-0.4, -0.2) is 79.8 Å².